The molecule has 0 radical (unpaired) electrons. The normalized spacial score (nSPS) is 14.7. The summed E-state index contributed by atoms with van der Waals surface area (Å²) in [5.74, 6) is 1.02. The maximum absolute atomic E-state index is 13.6. The molecule has 208 valence electrons. The van der Waals surface area contributed by atoms with Gasteiger partial charge in [0.1, 0.15) is 11.6 Å². The van der Waals surface area contributed by atoms with Gasteiger partial charge in [0, 0.05) is 50.1 Å². The molecule has 5 rings (SSSR count). The summed E-state index contributed by atoms with van der Waals surface area (Å²) in [7, 11) is 0. The molecule has 2 heterocycles. The fraction of sp³-hybridized carbons (Fsp3) is 0.344. The van der Waals surface area contributed by atoms with E-state index in [0.717, 1.165) is 73.7 Å². The molecule has 0 spiro atoms. The molecule has 0 saturated carbocycles. The van der Waals surface area contributed by atoms with Gasteiger partial charge >= 0.3 is 0 Å². The molecule has 1 fully saturated rings. The minimum absolute atomic E-state index is 0.00773. The zero-order valence-corrected chi connectivity index (χ0v) is 22.9. The van der Waals surface area contributed by atoms with Crippen LogP contribution < -0.4 is 10.2 Å². The number of morpholine rings is 1. The lowest BCUT2D eigenvalue weighted by atomic mass is 10.1. The predicted molar refractivity (Wildman–Crippen MR) is 157 cm³/mol. The smallest absolute Gasteiger partial charge is 0.222 e. The second-order valence-corrected chi connectivity index (χ2v) is 10.1. The molecular weight excluding hydrogens is 505 g/mol. The van der Waals surface area contributed by atoms with E-state index in [0.29, 0.717) is 18.8 Å². The fourth-order valence-corrected chi connectivity index (χ4v) is 5.04. The number of carbonyl (C=O) groups is 1. The van der Waals surface area contributed by atoms with Crippen molar-refractivity contribution in [3.63, 3.8) is 0 Å². The fourth-order valence-electron chi connectivity index (χ4n) is 5.04. The van der Waals surface area contributed by atoms with Crippen LogP contribution in [0.4, 0.5) is 10.2 Å². The molecule has 1 unspecified atom stereocenters. The van der Waals surface area contributed by atoms with Gasteiger partial charge in [-0.1, -0.05) is 42.5 Å². The number of ether oxygens (including phenoxy) is 1. The van der Waals surface area contributed by atoms with E-state index in [1.807, 2.05) is 61.5 Å². The van der Waals surface area contributed by atoms with Gasteiger partial charge in [-0.3, -0.25) is 9.69 Å². The van der Waals surface area contributed by atoms with Crippen molar-refractivity contribution < 1.29 is 13.9 Å². The molecule has 0 aliphatic carbocycles. The molecule has 0 bridgehead atoms. The Balaban J connectivity index is 1.38. The van der Waals surface area contributed by atoms with Gasteiger partial charge in [0.2, 0.25) is 5.91 Å². The van der Waals surface area contributed by atoms with E-state index in [1.165, 1.54) is 12.1 Å². The van der Waals surface area contributed by atoms with Gasteiger partial charge in [-0.05, 0) is 55.3 Å². The summed E-state index contributed by atoms with van der Waals surface area (Å²) in [4.78, 5) is 27.4. The monoisotopic (exact) mass is 541 g/mol. The van der Waals surface area contributed by atoms with Crippen molar-refractivity contribution in [1.82, 2.24) is 20.2 Å². The van der Waals surface area contributed by atoms with Crippen LogP contribution in [0.5, 0.6) is 0 Å². The SMILES string of the molecule is CC(NC(=O)CCN(CCCN1CCOCC1)c1nc(-c2ccc(F)cc2)nc2ccccc12)c1ccccc1. The quantitative estimate of drug-likeness (QED) is 0.280. The number of nitrogens with one attached hydrogen (secondary N) is 1. The molecule has 8 heteroatoms. The molecule has 1 aromatic heterocycles. The van der Waals surface area contributed by atoms with Crippen LogP contribution >= 0.6 is 0 Å². The maximum Gasteiger partial charge on any atom is 0.222 e. The topological polar surface area (TPSA) is 70.6 Å². The number of para-hydroxylation sites is 1. The highest BCUT2D eigenvalue weighted by atomic mass is 19.1. The lowest BCUT2D eigenvalue weighted by molar-refractivity contribution is -0.121. The number of aromatic nitrogens is 2. The molecule has 7 nitrogen and oxygen atoms in total. The minimum atomic E-state index is -0.301. The Morgan fingerprint density at radius 1 is 0.975 bits per heavy atom. The van der Waals surface area contributed by atoms with Gasteiger partial charge in [0.15, 0.2) is 5.82 Å². The number of rotatable bonds is 11. The molecule has 1 aliphatic rings. The van der Waals surface area contributed by atoms with Crippen LogP contribution in [0.2, 0.25) is 0 Å². The van der Waals surface area contributed by atoms with Crippen molar-refractivity contribution in [2.75, 3.05) is 50.8 Å². The lowest BCUT2D eigenvalue weighted by Gasteiger charge is -2.29. The zero-order chi connectivity index (χ0) is 27.7. The van der Waals surface area contributed by atoms with Crippen LogP contribution in [0.3, 0.4) is 0 Å². The first-order valence-corrected chi connectivity index (χ1v) is 14.0. The molecule has 1 aliphatic heterocycles. The summed E-state index contributed by atoms with van der Waals surface area (Å²) in [5, 5.41) is 4.06. The molecule has 1 amide bonds. The Kier molecular flexibility index (Phi) is 9.31. The van der Waals surface area contributed by atoms with E-state index in [2.05, 4.69) is 15.1 Å². The largest absolute Gasteiger partial charge is 0.379 e. The van der Waals surface area contributed by atoms with Gasteiger partial charge in [-0.15, -0.1) is 0 Å². The van der Waals surface area contributed by atoms with E-state index < -0.39 is 0 Å². The van der Waals surface area contributed by atoms with Gasteiger partial charge in [-0.2, -0.15) is 0 Å². The van der Waals surface area contributed by atoms with E-state index in [4.69, 9.17) is 14.7 Å². The Morgan fingerprint density at radius 3 is 2.48 bits per heavy atom. The van der Waals surface area contributed by atoms with Crippen LogP contribution in [0.15, 0.2) is 78.9 Å². The standard InChI is InChI=1S/C32H36FN5O2/c1-24(25-8-3-2-4-9-25)34-30(39)16-19-38(18-7-17-37-20-22-40-23-21-37)32-28-10-5-6-11-29(28)35-31(36-32)26-12-14-27(33)15-13-26/h2-6,8-15,24H,7,16-23H2,1H3,(H,34,39). The van der Waals surface area contributed by atoms with Crippen LogP contribution in [0, 0.1) is 5.82 Å². The first-order chi connectivity index (χ1) is 19.6. The van der Waals surface area contributed by atoms with Gasteiger partial charge in [0.25, 0.3) is 0 Å². The summed E-state index contributed by atoms with van der Waals surface area (Å²) in [6.45, 7) is 7.60. The average Bonchev–Trinajstić information content (AvgIpc) is 2.99. The number of benzene rings is 3. The number of nitrogens with zero attached hydrogens (tertiary/aromatic N) is 4. The summed E-state index contributed by atoms with van der Waals surface area (Å²) in [6, 6.07) is 24.1. The molecule has 4 aromatic rings. The van der Waals surface area contributed by atoms with Crippen LogP contribution in [-0.2, 0) is 9.53 Å². The van der Waals surface area contributed by atoms with E-state index >= 15 is 0 Å². The zero-order valence-electron chi connectivity index (χ0n) is 22.9. The average molecular weight is 542 g/mol. The van der Waals surface area contributed by atoms with Crippen molar-refractivity contribution >= 4 is 22.6 Å². The highest BCUT2D eigenvalue weighted by molar-refractivity contribution is 5.91. The molecule has 1 atom stereocenters. The van der Waals surface area contributed by atoms with Crippen molar-refractivity contribution in [3.05, 3.63) is 90.2 Å². The summed E-state index contributed by atoms with van der Waals surface area (Å²) in [6.07, 6.45) is 1.26. The molecule has 3 aromatic carbocycles. The Hall–Kier alpha value is -3.88. The first kappa shape index (κ1) is 27.7. The molecular formula is C32H36FN5O2. The number of hydrogen-bond donors (Lipinski definition) is 1. The Labute approximate surface area is 235 Å². The first-order valence-electron chi connectivity index (χ1n) is 14.0. The lowest BCUT2D eigenvalue weighted by Crippen LogP contribution is -2.39. The number of fused-ring (bicyclic) bond motifs is 1. The van der Waals surface area contributed by atoms with Crippen LogP contribution in [0.25, 0.3) is 22.3 Å². The number of anilines is 1. The van der Waals surface area contributed by atoms with Crippen LogP contribution in [0.1, 0.15) is 31.4 Å². The second kappa shape index (κ2) is 13.5. The van der Waals surface area contributed by atoms with Crippen molar-refractivity contribution in [3.8, 4) is 11.4 Å². The van der Waals surface area contributed by atoms with E-state index in [9.17, 15) is 9.18 Å². The number of hydrogen-bond acceptors (Lipinski definition) is 6. The number of amides is 1. The van der Waals surface area contributed by atoms with Crippen molar-refractivity contribution in [1.29, 1.82) is 0 Å². The molecule has 1 saturated heterocycles. The third kappa shape index (κ3) is 7.20. The van der Waals surface area contributed by atoms with Gasteiger partial charge in [-0.25, -0.2) is 14.4 Å². The summed E-state index contributed by atoms with van der Waals surface area (Å²) >= 11 is 0. The van der Waals surface area contributed by atoms with Gasteiger partial charge < -0.3 is 15.0 Å². The van der Waals surface area contributed by atoms with Crippen molar-refractivity contribution in [2.45, 2.75) is 25.8 Å². The molecule has 1 N–H and O–H groups in total. The number of carbonyl (C=O) groups excluding carboxylic acids is 1. The third-order valence-corrected chi connectivity index (χ3v) is 7.28. The summed E-state index contributed by atoms with van der Waals surface area (Å²) < 4.78 is 19.1. The minimum Gasteiger partial charge on any atom is -0.379 e. The predicted octanol–water partition coefficient (Wildman–Crippen LogP) is 5.23. The Morgan fingerprint density at radius 2 is 1.70 bits per heavy atom. The number of halogens is 1. The van der Waals surface area contributed by atoms with E-state index in [-0.39, 0.29) is 17.8 Å². The van der Waals surface area contributed by atoms with Crippen molar-refractivity contribution in [2.24, 2.45) is 0 Å². The second-order valence-electron chi connectivity index (χ2n) is 10.1. The maximum atomic E-state index is 13.6. The Bertz CT molecular complexity index is 1390. The van der Waals surface area contributed by atoms with Crippen LogP contribution in [-0.4, -0.2) is 66.7 Å². The molecule has 40 heavy (non-hydrogen) atoms. The van der Waals surface area contributed by atoms with Gasteiger partial charge in [0.05, 0.1) is 24.8 Å². The highest BCUT2D eigenvalue weighted by Crippen LogP contribution is 2.28. The summed E-state index contributed by atoms with van der Waals surface area (Å²) in [5.41, 5.74) is 2.63. The highest BCUT2D eigenvalue weighted by Gasteiger charge is 2.19. The third-order valence-electron chi connectivity index (χ3n) is 7.28. The van der Waals surface area contributed by atoms with E-state index in [1.54, 1.807) is 12.1 Å².